The average molecular weight is 332 g/mol. The Balaban J connectivity index is 1.68. The molecular weight excluding hydrogens is 315 g/mol. The van der Waals surface area contributed by atoms with Crippen LogP contribution in [0.15, 0.2) is 42.5 Å². The van der Waals surface area contributed by atoms with Crippen molar-refractivity contribution in [1.29, 1.82) is 5.26 Å². The van der Waals surface area contributed by atoms with Crippen molar-refractivity contribution in [3.05, 3.63) is 59.7 Å². The van der Waals surface area contributed by atoms with E-state index in [1.165, 1.54) is 6.07 Å². The van der Waals surface area contributed by atoms with Crippen LogP contribution in [0.5, 0.6) is 0 Å². The van der Waals surface area contributed by atoms with E-state index in [1.54, 1.807) is 12.1 Å². The molecule has 1 aromatic heterocycles. The fraction of sp³-hybridized carbons (Fsp3) is 0.200. The van der Waals surface area contributed by atoms with Crippen LogP contribution in [0.4, 0.5) is 10.1 Å². The molecule has 3 aromatic rings. The van der Waals surface area contributed by atoms with Crippen LogP contribution in [0.25, 0.3) is 22.7 Å². The monoisotopic (exact) mass is 332 g/mol. The quantitative estimate of drug-likeness (QED) is 0.725. The number of benzene rings is 2. The summed E-state index contributed by atoms with van der Waals surface area (Å²) in [6.07, 6.45) is 3.87. The molecule has 25 heavy (non-hydrogen) atoms. The smallest absolute Gasteiger partial charge is 0.149 e. The van der Waals surface area contributed by atoms with Crippen LogP contribution in [0.2, 0.25) is 0 Å². The summed E-state index contributed by atoms with van der Waals surface area (Å²) < 4.78 is 14.4. The summed E-state index contributed by atoms with van der Waals surface area (Å²) in [4.78, 5) is 9.63. The summed E-state index contributed by atoms with van der Waals surface area (Å²) in [5, 5.41) is 9.48. The number of H-pyrrole nitrogens is 1. The van der Waals surface area contributed by atoms with Gasteiger partial charge in [0.15, 0.2) is 0 Å². The van der Waals surface area contributed by atoms with Crippen LogP contribution in [0.1, 0.15) is 24.2 Å². The number of nitriles is 1. The first-order valence-corrected chi connectivity index (χ1v) is 8.36. The zero-order valence-corrected chi connectivity index (χ0v) is 13.7. The Morgan fingerprint density at radius 1 is 1.20 bits per heavy atom. The Kier molecular flexibility index (Phi) is 3.95. The topological polar surface area (TPSA) is 55.7 Å². The molecule has 4 nitrogen and oxygen atoms in total. The number of allylic oxidation sites excluding steroid dienone is 1. The maximum absolute atomic E-state index is 14.4. The van der Waals surface area contributed by atoms with Gasteiger partial charge in [0, 0.05) is 13.1 Å². The van der Waals surface area contributed by atoms with E-state index in [0.29, 0.717) is 22.6 Å². The highest BCUT2D eigenvalue weighted by atomic mass is 19.1. The van der Waals surface area contributed by atoms with Crippen LogP contribution in [-0.4, -0.2) is 23.1 Å². The van der Waals surface area contributed by atoms with Crippen LogP contribution < -0.4 is 4.90 Å². The van der Waals surface area contributed by atoms with Crippen molar-refractivity contribution in [3.8, 4) is 6.07 Å². The number of imidazole rings is 1. The minimum absolute atomic E-state index is 0.252. The Hall–Kier alpha value is -3.13. The number of anilines is 1. The zero-order valence-electron chi connectivity index (χ0n) is 13.7. The minimum Gasteiger partial charge on any atom is -0.369 e. The van der Waals surface area contributed by atoms with Gasteiger partial charge in [0.2, 0.25) is 0 Å². The summed E-state index contributed by atoms with van der Waals surface area (Å²) in [5.41, 5.74) is 3.34. The Labute approximate surface area is 145 Å². The summed E-state index contributed by atoms with van der Waals surface area (Å²) in [5.74, 6) is 0.241. The number of hydrogen-bond donors (Lipinski definition) is 1. The molecule has 2 heterocycles. The number of nitrogens with zero attached hydrogens (tertiary/aromatic N) is 3. The van der Waals surface area contributed by atoms with Gasteiger partial charge in [0.25, 0.3) is 0 Å². The first-order chi connectivity index (χ1) is 12.2. The van der Waals surface area contributed by atoms with Crippen LogP contribution in [0.3, 0.4) is 0 Å². The minimum atomic E-state index is -0.252. The van der Waals surface area contributed by atoms with Crippen molar-refractivity contribution in [2.24, 2.45) is 0 Å². The highest BCUT2D eigenvalue weighted by Gasteiger charge is 2.16. The van der Waals surface area contributed by atoms with Gasteiger partial charge in [-0.15, -0.1) is 0 Å². The lowest BCUT2D eigenvalue weighted by molar-refractivity contribution is 0.623. The van der Waals surface area contributed by atoms with Gasteiger partial charge < -0.3 is 9.88 Å². The predicted octanol–water partition coefficient (Wildman–Crippen LogP) is 4.37. The summed E-state index contributed by atoms with van der Waals surface area (Å²) >= 11 is 0. The number of aromatic amines is 1. The van der Waals surface area contributed by atoms with Gasteiger partial charge in [-0.05, 0) is 48.7 Å². The maximum Gasteiger partial charge on any atom is 0.149 e. The Bertz CT molecular complexity index is 957. The lowest BCUT2D eigenvalue weighted by atomic mass is 10.1. The molecule has 5 heteroatoms. The largest absolute Gasteiger partial charge is 0.369 e. The molecule has 0 aliphatic carbocycles. The predicted molar refractivity (Wildman–Crippen MR) is 97.4 cm³/mol. The Morgan fingerprint density at radius 2 is 2.00 bits per heavy atom. The molecule has 124 valence electrons. The molecule has 2 aromatic carbocycles. The van der Waals surface area contributed by atoms with Gasteiger partial charge in [-0.2, -0.15) is 5.26 Å². The maximum atomic E-state index is 14.4. The third-order valence-electron chi connectivity index (χ3n) is 4.49. The molecule has 0 amide bonds. The van der Waals surface area contributed by atoms with E-state index >= 15 is 0 Å². The molecule has 0 saturated carbocycles. The van der Waals surface area contributed by atoms with Crippen molar-refractivity contribution in [1.82, 2.24) is 9.97 Å². The van der Waals surface area contributed by atoms with Crippen molar-refractivity contribution < 1.29 is 4.39 Å². The summed E-state index contributed by atoms with van der Waals surface area (Å²) in [6, 6.07) is 14.9. The molecule has 0 bridgehead atoms. The number of hydrogen-bond acceptors (Lipinski definition) is 3. The van der Waals surface area contributed by atoms with Crippen LogP contribution >= 0.6 is 0 Å². The second kappa shape index (κ2) is 6.40. The van der Waals surface area contributed by atoms with E-state index in [9.17, 15) is 9.65 Å². The zero-order chi connectivity index (χ0) is 17.2. The van der Waals surface area contributed by atoms with E-state index < -0.39 is 0 Å². The van der Waals surface area contributed by atoms with Crippen molar-refractivity contribution in [2.75, 3.05) is 18.0 Å². The Morgan fingerprint density at radius 3 is 2.72 bits per heavy atom. The van der Waals surface area contributed by atoms with Gasteiger partial charge in [-0.3, -0.25) is 0 Å². The molecule has 1 N–H and O–H groups in total. The number of rotatable bonds is 3. The molecule has 0 radical (unpaired) electrons. The van der Waals surface area contributed by atoms with Gasteiger partial charge in [0.05, 0.1) is 22.3 Å². The first-order valence-electron chi connectivity index (χ1n) is 8.36. The number of halogens is 1. The van der Waals surface area contributed by atoms with Gasteiger partial charge >= 0.3 is 0 Å². The number of fused-ring (bicyclic) bond motifs is 1. The highest BCUT2D eigenvalue weighted by molar-refractivity contribution is 5.90. The van der Waals surface area contributed by atoms with E-state index in [2.05, 4.69) is 20.9 Å². The third-order valence-corrected chi connectivity index (χ3v) is 4.49. The number of para-hydroxylation sites is 2. The van der Waals surface area contributed by atoms with Gasteiger partial charge in [-0.1, -0.05) is 18.2 Å². The average Bonchev–Trinajstić information content (AvgIpc) is 3.29. The van der Waals surface area contributed by atoms with E-state index in [0.717, 1.165) is 37.0 Å². The fourth-order valence-corrected chi connectivity index (χ4v) is 3.23. The van der Waals surface area contributed by atoms with E-state index in [4.69, 9.17) is 0 Å². The normalized spacial score (nSPS) is 14.9. The van der Waals surface area contributed by atoms with Crippen molar-refractivity contribution in [3.63, 3.8) is 0 Å². The molecule has 0 unspecified atom stereocenters. The van der Waals surface area contributed by atoms with Crippen LogP contribution in [-0.2, 0) is 0 Å². The molecule has 1 aliphatic rings. The highest BCUT2D eigenvalue weighted by Crippen LogP contribution is 2.26. The van der Waals surface area contributed by atoms with Crippen LogP contribution in [0, 0.1) is 17.1 Å². The second-order valence-corrected chi connectivity index (χ2v) is 6.18. The summed E-state index contributed by atoms with van der Waals surface area (Å²) in [7, 11) is 0. The lowest BCUT2D eigenvalue weighted by Gasteiger charge is -2.18. The number of aromatic nitrogens is 2. The number of nitrogens with one attached hydrogen (secondary N) is 1. The molecular formula is C20H17FN4. The molecule has 4 rings (SSSR count). The summed E-state index contributed by atoms with van der Waals surface area (Å²) in [6.45, 7) is 1.79. The lowest BCUT2D eigenvalue weighted by Crippen LogP contribution is -2.18. The fourth-order valence-electron chi connectivity index (χ4n) is 3.23. The molecule has 1 saturated heterocycles. The third kappa shape index (κ3) is 2.99. The van der Waals surface area contributed by atoms with E-state index in [-0.39, 0.29) is 5.82 Å². The second-order valence-electron chi connectivity index (χ2n) is 6.18. The standard InChI is InChI=1S/C20H17FN4/c21-16-12-14(7-8-19(16)25-9-3-4-10-25)11-15(13-22)20-23-17-5-1-2-6-18(17)24-20/h1-2,5-8,11-12H,3-4,9-10H2,(H,23,24). The van der Waals surface area contributed by atoms with Gasteiger partial charge in [0.1, 0.15) is 17.7 Å². The SMILES string of the molecule is N#CC(=Cc1ccc(N2CCCC2)c(F)c1)c1nc2ccccc2[nH]1. The van der Waals surface area contributed by atoms with Crippen molar-refractivity contribution >= 4 is 28.4 Å². The first kappa shape index (κ1) is 15.4. The van der Waals surface area contributed by atoms with E-state index in [1.807, 2.05) is 30.3 Å². The molecule has 0 spiro atoms. The molecule has 1 aliphatic heterocycles. The molecule has 0 atom stereocenters. The molecule has 1 fully saturated rings. The van der Waals surface area contributed by atoms with Crippen molar-refractivity contribution in [2.45, 2.75) is 12.8 Å². The van der Waals surface area contributed by atoms with Gasteiger partial charge in [-0.25, -0.2) is 9.37 Å².